The standard InChI is InChI=1S/C23H40O4.Na/c1-2-3-4-5-6-7-8-9-10-11-12-13-16-19-27-23(26)21-18-15-14-17-20(21)22(24)25;/h10-11,20-21H,2-9,12-19H2,1H3,(H,24,25);/q;+1/p-1/b11-10+;. The Balaban J connectivity index is 0.00000729. The fraction of sp³-hybridized carbons (Fsp3) is 0.826. The minimum absolute atomic E-state index is 0. The Morgan fingerprint density at radius 2 is 1.39 bits per heavy atom. The quantitative estimate of drug-likeness (QED) is 0.182. The first-order valence-corrected chi connectivity index (χ1v) is 11.2. The van der Waals surface area contributed by atoms with Crippen molar-refractivity contribution in [1.29, 1.82) is 0 Å². The summed E-state index contributed by atoms with van der Waals surface area (Å²) in [5.41, 5.74) is 0. The number of hydrogen-bond donors (Lipinski definition) is 0. The van der Waals surface area contributed by atoms with Crippen LogP contribution in [0, 0.1) is 11.8 Å². The summed E-state index contributed by atoms with van der Waals surface area (Å²) in [5.74, 6) is -2.63. The van der Waals surface area contributed by atoms with E-state index in [2.05, 4.69) is 19.1 Å². The molecule has 0 heterocycles. The molecular weight excluding hydrogens is 363 g/mol. The molecule has 0 radical (unpaired) electrons. The van der Waals surface area contributed by atoms with Gasteiger partial charge in [-0.1, -0.05) is 70.4 Å². The summed E-state index contributed by atoms with van der Waals surface area (Å²) in [4.78, 5) is 23.2. The van der Waals surface area contributed by atoms with Gasteiger partial charge in [0.2, 0.25) is 0 Å². The molecule has 0 aromatic carbocycles. The maximum absolute atomic E-state index is 12.1. The Labute approximate surface area is 194 Å². The maximum Gasteiger partial charge on any atom is 1.00 e. The van der Waals surface area contributed by atoms with Crippen LogP contribution >= 0.6 is 0 Å². The number of unbranched alkanes of at least 4 members (excludes halogenated alkanes) is 9. The number of aliphatic carboxylic acids is 1. The molecule has 0 spiro atoms. The van der Waals surface area contributed by atoms with Crippen molar-refractivity contribution in [2.24, 2.45) is 11.8 Å². The predicted octanol–water partition coefficient (Wildman–Crippen LogP) is 1.96. The van der Waals surface area contributed by atoms with Crippen molar-refractivity contribution in [2.45, 2.75) is 103 Å². The number of carbonyl (C=O) groups excluding carboxylic acids is 2. The van der Waals surface area contributed by atoms with Crippen LogP contribution in [-0.4, -0.2) is 18.5 Å². The largest absolute Gasteiger partial charge is 1.00 e. The molecule has 0 aromatic rings. The zero-order valence-corrected chi connectivity index (χ0v) is 20.3. The minimum Gasteiger partial charge on any atom is -0.550 e. The molecule has 28 heavy (non-hydrogen) atoms. The molecule has 0 aliphatic heterocycles. The maximum atomic E-state index is 12.1. The summed E-state index contributed by atoms with van der Waals surface area (Å²) < 4.78 is 5.31. The van der Waals surface area contributed by atoms with Gasteiger partial charge in [-0.2, -0.15) is 0 Å². The molecule has 1 saturated carbocycles. The Kier molecular flexibility index (Phi) is 18.5. The third-order valence-electron chi connectivity index (χ3n) is 5.52. The molecule has 1 fully saturated rings. The molecular formula is C23H39NaO4. The summed E-state index contributed by atoms with van der Waals surface area (Å²) in [6, 6.07) is 0. The molecule has 1 aliphatic carbocycles. The van der Waals surface area contributed by atoms with Gasteiger partial charge in [0.25, 0.3) is 0 Å². The normalized spacial score (nSPS) is 19.3. The van der Waals surface area contributed by atoms with E-state index < -0.39 is 17.8 Å². The van der Waals surface area contributed by atoms with E-state index >= 15 is 0 Å². The van der Waals surface area contributed by atoms with Gasteiger partial charge in [-0.3, -0.25) is 4.79 Å². The van der Waals surface area contributed by atoms with Crippen LogP contribution in [-0.2, 0) is 14.3 Å². The molecule has 2 unspecified atom stereocenters. The van der Waals surface area contributed by atoms with Gasteiger partial charge in [0.05, 0.1) is 12.5 Å². The van der Waals surface area contributed by atoms with E-state index in [-0.39, 0.29) is 35.5 Å². The average molecular weight is 403 g/mol. The van der Waals surface area contributed by atoms with E-state index in [9.17, 15) is 14.7 Å². The average Bonchev–Trinajstić information content (AvgIpc) is 2.68. The number of allylic oxidation sites excluding steroid dienone is 2. The Bertz CT molecular complexity index is 436. The van der Waals surface area contributed by atoms with Crippen LogP contribution in [0.2, 0.25) is 0 Å². The van der Waals surface area contributed by atoms with E-state index in [4.69, 9.17) is 4.74 Å². The monoisotopic (exact) mass is 402 g/mol. The van der Waals surface area contributed by atoms with Crippen LogP contribution in [0.15, 0.2) is 12.2 Å². The Morgan fingerprint density at radius 3 is 2.00 bits per heavy atom. The van der Waals surface area contributed by atoms with Crippen LogP contribution < -0.4 is 34.7 Å². The number of carboxylic acid groups (broad SMARTS) is 1. The van der Waals surface area contributed by atoms with Crippen LogP contribution in [0.1, 0.15) is 103 Å². The fourth-order valence-corrected chi connectivity index (χ4v) is 3.79. The smallest absolute Gasteiger partial charge is 0.550 e. The SMILES string of the molecule is CCCCCCCCC/C=C/CCCCOC(=O)C1CCCCC1C(=O)[O-].[Na+]. The van der Waals surface area contributed by atoms with Crippen molar-refractivity contribution >= 4 is 11.9 Å². The van der Waals surface area contributed by atoms with E-state index in [0.29, 0.717) is 19.4 Å². The second-order valence-electron chi connectivity index (χ2n) is 7.86. The van der Waals surface area contributed by atoms with E-state index in [0.717, 1.165) is 38.5 Å². The second kappa shape index (κ2) is 18.7. The molecule has 0 bridgehead atoms. The van der Waals surface area contributed by atoms with Crippen molar-refractivity contribution in [1.82, 2.24) is 0 Å². The fourth-order valence-electron chi connectivity index (χ4n) is 3.79. The number of ether oxygens (including phenoxy) is 1. The van der Waals surface area contributed by atoms with E-state index in [1.165, 1.54) is 44.9 Å². The molecule has 2 atom stereocenters. The van der Waals surface area contributed by atoms with Crippen molar-refractivity contribution in [3.05, 3.63) is 12.2 Å². The third-order valence-corrected chi connectivity index (χ3v) is 5.52. The second-order valence-corrected chi connectivity index (χ2v) is 7.86. The summed E-state index contributed by atoms with van der Waals surface area (Å²) in [5, 5.41) is 11.1. The molecule has 1 rings (SSSR count). The third kappa shape index (κ3) is 13.0. The zero-order valence-electron chi connectivity index (χ0n) is 18.3. The first-order valence-electron chi connectivity index (χ1n) is 11.2. The van der Waals surface area contributed by atoms with Crippen LogP contribution in [0.25, 0.3) is 0 Å². The van der Waals surface area contributed by atoms with Gasteiger partial charge in [0.1, 0.15) is 0 Å². The molecule has 156 valence electrons. The first-order chi connectivity index (χ1) is 13.2. The number of hydrogen-bond acceptors (Lipinski definition) is 4. The summed E-state index contributed by atoms with van der Waals surface area (Å²) in [7, 11) is 0. The van der Waals surface area contributed by atoms with Gasteiger partial charge >= 0.3 is 35.5 Å². The van der Waals surface area contributed by atoms with Gasteiger partial charge < -0.3 is 14.6 Å². The topological polar surface area (TPSA) is 66.4 Å². The number of carbonyl (C=O) groups is 2. The van der Waals surface area contributed by atoms with Crippen molar-refractivity contribution < 1.29 is 49.0 Å². The first kappa shape index (κ1) is 27.7. The van der Waals surface area contributed by atoms with Gasteiger partial charge in [-0.15, -0.1) is 0 Å². The van der Waals surface area contributed by atoms with Crippen LogP contribution in [0.4, 0.5) is 0 Å². The molecule has 1 aliphatic rings. The number of rotatable bonds is 15. The molecule has 0 saturated heterocycles. The Hall–Kier alpha value is -0.320. The van der Waals surface area contributed by atoms with Gasteiger partial charge in [-0.05, 0) is 44.9 Å². The van der Waals surface area contributed by atoms with E-state index in [1.807, 2.05) is 0 Å². The van der Waals surface area contributed by atoms with Crippen LogP contribution in [0.3, 0.4) is 0 Å². The van der Waals surface area contributed by atoms with Crippen molar-refractivity contribution in [2.75, 3.05) is 6.61 Å². The molecule has 0 aromatic heterocycles. The summed E-state index contributed by atoms with van der Waals surface area (Å²) in [6.45, 7) is 2.64. The molecule has 0 N–H and O–H groups in total. The van der Waals surface area contributed by atoms with Crippen LogP contribution in [0.5, 0.6) is 0 Å². The van der Waals surface area contributed by atoms with E-state index in [1.54, 1.807) is 0 Å². The predicted molar refractivity (Wildman–Crippen MR) is 107 cm³/mol. The van der Waals surface area contributed by atoms with Crippen molar-refractivity contribution in [3.8, 4) is 0 Å². The molecule has 5 heteroatoms. The number of carboxylic acids is 1. The number of esters is 1. The van der Waals surface area contributed by atoms with Gasteiger partial charge in [0.15, 0.2) is 0 Å². The zero-order chi connectivity index (χ0) is 19.7. The van der Waals surface area contributed by atoms with Gasteiger partial charge in [-0.25, -0.2) is 0 Å². The molecule has 0 amide bonds. The Morgan fingerprint density at radius 1 is 0.857 bits per heavy atom. The minimum atomic E-state index is -1.11. The molecule has 4 nitrogen and oxygen atoms in total. The van der Waals surface area contributed by atoms with Gasteiger partial charge in [0, 0.05) is 11.9 Å². The summed E-state index contributed by atoms with van der Waals surface area (Å²) >= 11 is 0. The summed E-state index contributed by atoms with van der Waals surface area (Å²) in [6.07, 6.45) is 20.8. The van der Waals surface area contributed by atoms with Crippen molar-refractivity contribution in [3.63, 3.8) is 0 Å².